The summed E-state index contributed by atoms with van der Waals surface area (Å²) in [6.45, 7) is 0. The molecule has 54 heavy (non-hydrogen) atoms. The van der Waals surface area contributed by atoms with Crippen molar-refractivity contribution in [1.29, 1.82) is 0 Å². The molecule has 4 nitrogen and oxygen atoms in total. The fourth-order valence-corrected chi connectivity index (χ4v) is 8.98. The lowest BCUT2D eigenvalue weighted by atomic mass is 9.77. The van der Waals surface area contributed by atoms with E-state index in [-0.39, 0.29) is 18.1 Å². The molecule has 0 amide bonds. The molecule has 3 aliphatic carbocycles. The van der Waals surface area contributed by atoms with Crippen molar-refractivity contribution in [1.82, 2.24) is 0 Å². The topological polar surface area (TPSA) is 28.9 Å². The molecule has 2 heterocycles. The molecule has 1 saturated heterocycles. The molecule has 1 aliphatic heterocycles. The average Bonchev–Trinajstić information content (AvgIpc) is 3.82. The standard InChI is InChI=1S/C50H36N2O2/c1-4-15-33(16-5-1)51(34-17-6-2-7-18-34)36-27-29-42-44(31-36)38-21-10-11-23-40(38)48-43-30-28-37(32-47(43)54-50(42)48)52(35-19-8-3-9-20-35)45-25-14-24-41-39-22-12-13-26-46(39)53-49(41)45/h1-31,42,47,50H,32H2/t42?,47-,50+/m0/s1. The van der Waals surface area contributed by atoms with Crippen molar-refractivity contribution in [2.24, 2.45) is 5.92 Å². The lowest BCUT2D eigenvalue weighted by molar-refractivity contribution is 0.0557. The van der Waals surface area contributed by atoms with Crippen LogP contribution in [-0.4, -0.2) is 12.2 Å². The summed E-state index contributed by atoms with van der Waals surface area (Å²) in [5.41, 5.74) is 12.3. The third kappa shape index (κ3) is 4.88. The SMILES string of the molecule is C1=CC2C(=c3ccccc3=C3C4=CC=C(N(c5ccccc5)c5cccc6c5oc5ccccc56)C[C@@H]4O[C@@H]32)C=C1N(c1ccccc1)c1ccccc1. The van der Waals surface area contributed by atoms with Gasteiger partial charge in [-0.1, -0.05) is 121 Å². The molecule has 1 aromatic heterocycles. The number of fused-ring (bicyclic) bond motifs is 9. The van der Waals surface area contributed by atoms with E-state index in [0.717, 1.165) is 56.8 Å². The summed E-state index contributed by atoms with van der Waals surface area (Å²) in [6, 6.07) is 55.5. The van der Waals surface area contributed by atoms with Crippen LogP contribution >= 0.6 is 0 Å². The minimum atomic E-state index is -0.0844. The van der Waals surface area contributed by atoms with E-state index in [9.17, 15) is 0 Å². The summed E-state index contributed by atoms with van der Waals surface area (Å²) in [6.07, 6.45) is 12.2. The summed E-state index contributed by atoms with van der Waals surface area (Å²) in [7, 11) is 0. The van der Waals surface area contributed by atoms with Crippen molar-refractivity contribution in [2.75, 3.05) is 9.80 Å². The Kier molecular flexibility index (Phi) is 7.17. The van der Waals surface area contributed by atoms with E-state index in [4.69, 9.17) is 9.15 Å². The van der Waals surface area contributed by atoms with Crippen LogP contribution in [0, 0.1) is 5.92 Å². The second kappa shape index (κ2) is 12.5. The highest BCUT2D eigenvalue weighted by Crippen LogP contribution is 2.48. The van der Waals surface area contributed by atoms with E-state index >= 15 is 0 Å². The van der Waals surface area contributed by atoms with Crippen LogP contribution in [0.15, 0.2) is 209 Å². The highest BCUT2D eigenvalue weighted by Gasteiger charge is 2.44. The number of hydrogen-bond acceptors (Lipinski definition) is 4. The maximum absolute atomic E-state index is 7.24. The van der Waals surface area contributed by atoms with Crippen LogP contribution in [0.4, 0.5) is 22.7 Å². The maximum atomic E-state index is 7.24. The average molecular weight is 697 g/mol. The molecule has 4 heteroatoms. The first-order valence-electron chi connectivity index (χ1n) is 18.8. The number of allylic oxidation sites excluding steroid dienone is 4. The molecule has 6 aromatic carbocycles. The zero-order valence-corrected chi connectivity index (χ0v) is 29.5. The highest BCUT2D eigenvalue weighted by molar-refractivity contribution is 6.09. The highest BCUT2D eigenvalue weighted by atomic mass is 16.5. The third-order valence-corrected chi connectivity index (χ3v) is 11.3. The van der Waals surface area contributed by atoms with Crippen LogP contribution in [0.25, 0.3) is 33.1 Å². The smallest absolute Gasteiger partial charge is 0.159 e. The van der Waals surface area contributed by atoms with E-state index in [0.29, 0.717) is 0 Å². The largest absolute Gasteiger partial charge is 0.454 e. The fourth-order valence-electron chi connectivity index (χ4n) is 8.98. The van der Waals surface area contributed by atoms with Gasteiger partial charge in [-0.05, 0) is 93.9 Å². The molecule has 0 saturated carbocycles. The lowest BCUT2D eigenvalue weighted by Crippen LogP contribution is -2.41. The molecule has 3 atom stereocenters. The fraction of sp³-hybridized carbons (Fsp3) is 0.0800. The van der Waals surface area contributed by atoms with Crippen molar-refractivity contribution in [3.8, 4) is 0 Å². The van der Waals surface area contributed by atoms with Gasteiger partial charge in [-0.3, -0.25) is 0 Å². The van der Waals surface area contributed by atoms with Gasteiger partial charge in [0.2, 0.25) is 0 Å². The molecule has 0 N–H and O–H groups in total. The minimum absolute atomic E-state index is 0.0811. The minimum Gasteiger partial charge on any atom is -0.454 e. The summed E-state index contributed by atoms with van der Waals surface area (Å²) in [5, 5.41) is 4.78. The predicted octanol–water partition coefficient (Wildman–Crippen LogP) is 10.6. The van der Waals surface area contributed by atoms with Crippen molar-refractivity contribution in [3.63, 3.8) is 0 Å². The molecule has 1 fully saturated rings. The van der Waals surface area contributed by atoms with Gasteiger partial charge in [-0.25, -0.2) is 0 Å². The van der Waals surface area contributed by atoms with Gasteiger partial charge in [0.15, 0.2) is 5.58 Å². The Balaban J connectivity index is 1.05. The molecule has 1 unspecified atom stereocenters. The molecule has 0 bridgehead atoms. The van der Waals surface area contributed by atoms with E-state index in [1.165, 1.54) is 32.9 Å². The first kappa shape index (κ1) is 31.0. The van der Waals surface area contributed by atoms with E-state index in [1.807, 2.05) is 12.1 Å². The number of anilines is 4. The van der Waals surface area contributed by atoms with Gasteiger partial charge in [0.1, 0.15) is 5.58 Å². The number of para-hydroxylation sites is 5. The second-order valence-electron chi connectivity index (χ2n) is 14.3. The van der Waals surface area contributed by atoms with Crippen LogP contribution in [-0.2, 0) is 4.74 Å². The van der Waals surface area contributed by atoms with Gasteiger partial charge in [0, 0.05) is 51.6 Å². The number of benzene rings is 6. The van der Waals surface area contributed by atoms with Crippen molar-refractivity contribution < 1.29 is 9.15 Å². The normalized spacial score (nSPS) is 19.7. The van der Waals surface area contributed by atoms with E-state index in [2.05, 4.69) is 186 Å². The lowest BCUT2D eigenvalue weighted by Gasteiger charge is -2.33. The Morgan fingerprint density at radius 3 is 1.93 bits per heavy atom. The van der Waals surface area contributed by atoms with Crippen LogP contribution in [0.1, 0.15) is 6.42 Å². The molecule has 7 aromatic rings. The molecule has 4 aliphatic rings. The summed E-state index contributed by atoms with van der Waals surface area (Å²) < 4.78 is 13.8. The molecule has 0 radical (unpaired) electrons. The Morgan fingerprint density at radius 1 is 0.556 bits per heavy atom. The second-order valence-corrected chi connectivity index (χ2v) is 14.3. The quantitative estimate of drug-likeness (QED) is 0.173. The van der Waals surface area contributed by atoms with Gasteiger partial charge in [-0.2, -0.15) is 0 Å². The number of nitrogens with zero attached hydrogens (tertiary/aromatic N) is 2. The zero-order chi connectivity index (χ0) is 35.6. The number of furan rings is 1. The first-order chi connectivity index (χ1) is 26.8. The zero-order valence-electron chi connectivity index (χ0n) is 29.5. The van der Waals surface area contributed by atoms with E-state index in [1.54, 1.807) is 0 Å². The van der Waals surface area contributed by atoms with Gasteiger partial charge in [0.05, 0.1) is 17.9 Å². The van der Waals surface area contributed by atoms with Crippen LogP contribution in [0.2, 0.25) is 0 Å². The first-order valence-corrected chi connectivity index (χ1v) is 18.8. The van der Waals surface area contributed by atoms with Crippen LogP contribution in [0.3, 0.4) is 0 Å². The molecular weight excluding hydrogens is 661 g/mol. The van der Waals surface area contributed by atoms with Gasteiger partial charge in [-0.15, -0.1) is 0 Å². The van der Waals surface area contributed by atoms with Gasteiger partial charge in [0.25, 0.3) is 0 Å². The summed E-state index contributed by atoms with van der Waals surface area (Å²) in [5.74, 6) is 0.0940. The molecule has 11 rings (SSSR count). The molecule has 258 valence electrons. The predicted molar refractivity (Wildman–Crippen MR) is 220 cm³/mol. The van der Waals surface area contributed by atoms with Crippen molar-refractivity contribution in [3.05, 3.63) is 216 Å². The molecule has 0 spiro atoms. The van der Waals surface area contributed by atoms with Gasteiger partial charge < -0.3 is 19.0 Å². The Hall–Kier alpha value is -6.62. The van der Waals surface area contributed by atoms with E-state index < -0.39 is 0 Å². The maximum Gasteiger partial charge on any atom is 0.159 e. The summed E-state index contributed by atoms with van der Waals surface area (Å²) >= 11 is 0. The van der Waals surface area contributed by atoms with Crippen molar-refractivity contribution in [2.45, 2.75) is 18.6 Å². The number of ether oxygens (including phenoxy) is 1. The Bertz CT molecular complexity index is 2810. The van der Waals surface area contributed by atoms with Crippen LogP contribution < -0.4 is 20.2 Å². The van der Waals surface area contributed by atoms with Crippen LogP contribution in [0.5, 0.6) is 0 Å². The Morgan fingerprint density at radius 2 is 1.19 bits per heavy atom. The van der Waals surface area contributed by atoms with Gasteiger partial charge >= 0.3 is 0 Å². The molecular formula is C50H36N2O2. The Labute approximate surface area is 313 Å². The number of rotatable bonds is 6. The number of hydrogen-bond donors (Lipinski definition) is 0. The third-order valence-electron chi connectivity index (χ3n) is 11.3. The van der Waals surface area contributed by atoms with Crippen molar-refractivity contribution >= 4 is 55.8 Å². The monoisotopic (exact) mass is 696 g/mol. The summed E-state index contributed by atoms with van der Waals surface area (Å²) in [4.78, 5) is 4.70.